The van der Waals surface area contributed by atoms with Gasteiger partial charge in [-0.2, -0.15) is 12.6 Å². The number of hydrogen-bond acceptors (Lipinski definition) is 3. The van der Waals surface area contributed by atoms with E-state index in [1.54, 1.807) is 0 Å². The summed E-state index contributed by atoms with van der Waals surface area (Å²) >= 11 is 4.14. The number of nitrogens with one attached hydrogen (secondary N) is 2. The van der Waals surface area contributed by atoms with Crippen molar-refractivity contribution in [2.75, 3.05) is 25.4 Å². The smallest absolute Gasteiger partial charge is 0.0189 e. The molecule has 0 rings (SSSR count). The van der Waals surface area contributed by atoms with Crippen molar-refractivity contribution in [1.29, 1.82) is 0 Å². The van der Waals surface area contributed by atoms with Crippen molar-refractivity contribution in [2.24, 2.45) is 0 Å². The fraction of sp³-hybridized carbons (Fsp3) is 1.00. The Morgan fingerprint density at radius 1 is 1.25 bits per heavy atom. The minimum absolute atomic E-state index is 0.629. The summed E-state index contributed by atoms with van der Waals surface area (Å²) in [4.78, 5) is 0. The van der Waals surface area contributed by atoms with Crippen LogP contribution in [0.1, 0.15) is 26.7 Å². The van der Waals surface area contributed by atoms with Gasteiger partial charge in [0.15, 0.2) is 0 Å². The summed E-state index contributed by atoms with van der Waals surface area (Å²) in [5.41, 5.74) is 0. The van der Waals surface area contributed by atoms with Crippen LogP contribution in [0.3, 0.4) is 0 Å². The molecule has 74 valence electrons. The first-order valence-electron chi connectivity index (χ1n) is 4.90. The van der Waals surface area contributed by atoms with Crippen LogP contribution in [-0.4, -0.2) is 31.4 Å². The molecule has 0 aliphatic heterocycles. The molecule has 0 saturated heterocycles. The highest BCUT2D eigenvalue weighted by Crippen LogP contribution is 1.88. The largest absolute Gasteiger partial charge is 0.314 e. The zero-order valence-electron chi connectivity index (χ0n) is 8.27. The lowest BCUT2D eigenvalue weighted by Crippen LogP contribution is -2.39. The first kappa shape index (κ1) is 12.3. The van der Waals surface area contributed by atoms with E-state index < -0.39 is 0 Å². The molecule has 1 unspecified atom stereocenters. The Bertz CT molecular complexity index is 88.6. The fourth-order valence-electron chi connectivity index (χ4n) is 1.06. The summed E-state index contributed by atoms with van der Waals surface area (Å²) in [6.07, 6.45) is 2.41. The van der Waals surface area contributed by atoms with Crippen molar-refractivity contribution in [1.82, 2.24) is 10.6 Å². The fourth-order valence-corrected chi connectivity index (χ4v) is 1.22. The van der Waals surface area contributed by atoms with Gasteiger partial charge in [0.1, 0.15) is 0 Å². The summed E-state index contributed by atoms with van der Waals surface area (Å²) < 4.78 is 0. The van der Waals surface area contributed by atoms with Gasteiger partial charge < -0.3 is 10.6 Å². The van der Waals surface area contributed by atoms with Crippen molar-refractivity contribution in [3.63, 3.8) is 0 Å². The highest BCUT2D eigenvalue weighted by Gasteiger charge is 2.02. The molecule has 0 aliphatic carbocycles. The Morgan fingerprint density at radius 2 is 2.00 bits per heavy atom. The number of rotatable bonds is 8. The third kappa shape index (κ3) is 6.95. The van der Waals surface area contributed by atoms with Gasteiger partial charge in [-0.25, -0.2) is 0 Å². The summed E-state index contributed by atoms with van der Waals surface area (Å²) in [5, 5.41) is 6.85. The highest BCUT2D eigenvalue weighted by atomic mass is 32.1. The van der Waals surface area contributed by atoms with E-state index >= 15 is 0 Å². The predicted octanol–water partition coefficient (Wildman–Crippen LogP) is 1.28. The lowest BCUT2D eigenvalue weighted by molar-refractivity contribution is 0.468. The molecule has 0 saturated carbocycles. The molecule has 0 aromatic carbocycles. The molecule has 0 aliphatic rings. The average molecular weight is 190 g/mol. The van der Waals surface area contributed by atoms with Gasteiger partial charge in [0.05, 0.1) is 0 Å². The molecule has 0 heterocycles. The molecule has 2 nitrogen and oxygen atoms in total. The van der Waals surface area contributed by atoms with Crippen molar-refractivity contribution in [3.8, 4) is 0 Å². The Labute approximate surface area is 81.9 Å². The topological polar surface area (TPSA) is 24.1 Å². The lowest BCUT2D eigenvalue weighted by atomic mass is 10.2. The molecular weight excluding hydrogens is 168 g/mol. The van der Waals surface area contributed by atoms with Gasteiger partial charge in [-0.1, -0.05) is 13.8 Å². The van der Waals surface area contributed by atoms with Crippen molar-refractivity contribution >= 4 is 12.6 Å². The van der Waals surface area contributed by atoms with Crippen molar-refractivity contribution in [2.45, 2.75) is 32.7 Å². The lowest BCUT2D eigenvalue weighted by Gasteiger charge is -2.16. The third-order valence-electron chi connectivity index (χ3n) is 1.86. The molecule has 2 N–H and O–H groups in total. The van der Waals surface area contributed by atoms with Crippen LogP contribution in [0.15, 0.2) is 0 Å². The molecule has 0 bridgehead atoms. The second-order valence-corrected chi connectivity index (χ2v) is 3.43. The van der Waals surface area contributed by atoms with E-state index in [2.05, 4.69) is 37.1 Å². The number of hydrogen-bond donors (Lipinski definition) is 3. The van der Waals surface area contributed by atoms with E-state index in [1.165, 1.54) is 12.8 Å². The molecule has 0 aromatic rings. The van der Waals surface area contributed by atoms with Gasteiger partial charge in [0.25, 0.3) is 0 Å². The van der Waals surface area contributed by atoms with E-state index in [0.29, 0.717) is 6.04 Å². The normalized spacial score (nSPS) is 13.2. The maximum atomic E-state index is 4.14. The quantitative estimate of drug-likeness (QED) is 0.397. The van der Waals surface area contributed by atoms with E-state index in [1.807, 2.05) is 0 Å². The van der Waals surface area contributed by atoms with Gasteiger partial charge >= 0.3 is 0 Å². The summed E-state index contributed by atoms with van der Waals surface area (Å²) in [7, 11) is 0. The molecule has 0 radical (unpaired) electrons. The standard InChI is InChI=1S/C9H22N2S/c1-3-5-11-9(4-2)8-10-6-7-12/h9-12H,3-8H2,1-2H3. The summed E-state index contributed by atoms with van der Waals surface area (Å²) in [6.45, 7) is 7.61. The van der Waals surface area contributed by atoms with Crippen molar-refractivity contribution < 1.29 is 0 Å². The summed E-state index contributed by atoms with van der Waals surface area (Å²) in [5.74, 6) is 0.921. The third-order valence-corrected chi connectivity index (χ3v) is 2.08. The SMILES string of the molecule is CCCNC(CC)CNCCS. The van der Waals surface area contributed by atoms with Crippen LogP contribution in [0.25, 0.3) is 0 Å². The first-order chi connectivity index (χ1) is 5.85. The Morgan fingerprint density at radius 3 is 2.50 bits per heavy atom. The molecule has 1 atom stereocenters. The van der Waals surface area contributed by atoms with Crippen molar-refractivity contribution in [3.05, 3.63) is 0 Å². The molecule has 0 amide bonds. The second kappa shape index (κ2) is 9.36. The van der Waals surface area contributed by atoms with Gasteiger partial charge in [-0.05, 0) is 19.4 Å². The summed E-state index contributed by atoms with van der Waals surface area (Å²) in [6, 6.07) is 0.629. The van der Waals surface area contributed by atoms with Crippen LogP contribution in [0, 0.1) is 0 Å². The van der Waals surface area contributed by atoms with E-state index in [9.17, 15) is 0 Å². The highest BCUT2D eigenvalue weighted by molar-refractivity contribution is 7.80. The van der Waals surface area contributed by atoms with Gasteiger partial charge in [-0.3, -0.25) is 0 Å². The van der Waals surface area contributed by atoms with Crippen LogP contribution in [0.2, 0.25) is 0 Å². The van der Waals surface area contributed by atoms with Crippen LogP contribution in [-0.2, 0) is 0 Å². The monoisotopic (exact) mass is 190 g/mol. The van der Waals surface area contributed by atoms with E-state index in [0.717, 1.165) is 25.4 Å². The second-order valence-electron chi connectivity index (χ2n) is 2.99. The van der Waals surface area contributed by atoms with Gasteiger partial charge in [-0.15, -0.1) is 0 Å². The molecule has 3 heteroatoms. The minimum atomic E-state index is 0.629. The molecule has 0 fully saturated rings. The molecule has 0 aromatic heterocycles. The first-order valence-corrected chi connectivity index (χ1v) is 5.53. The Kier molecular flexibility index (Phi) is 9.57. The molecular formula is C9H22N2S. The maximum absolute atomic E-state index is 4.14. The van der Waals surface area contributed by atoms with Gasteiger partial charge in [0.2, 0.25) is 0 Å². The van der Waals surface area contributed by atoms with Crippen LogP contribution in [0.4, 0.5) is 0 Å². The molecule has 12 heavy (non-hydrogen) atoms. The van der Waals surface area contributed by atoms with Crippen LogP contribution < -0.4 is 10.6 Å². The van der Waals surface area contributed by atoms with E-state index in [4.69, 9.17) is 0 Å². The Hall–Kier alpha value is 0.270. The zero-order chi connectivity index (χ0) is 9.23. The Balaban J connectivity index is 3.26. The predicted molar refractivity (Wildman–Crippen MR) is 59.1 cm³/mol. The van der Waals surface area contributed by atoms with Gasteiger partial charge in [0, 0.05) is 24.9 Å². The number of thiol groups is 1. The van der Waals surface area contributed by atoms with Crippen LogP contribution in [0.5, 0.6) is 0 Å². The maximum Gasteiger partial charge on any atom is 0.0189 e. The molecule has 0 spiro atoms. The van der Waals surface area contributed by atoms with Crippen LogP contribution >= 0.6 is 12.6 Å². The zero-order valence-corrected chi connectivity index (χ0v) is 9.16. The average Bonchev–Trinajstić information content (AvgIpc) is 2.11. The van der Waals surface area contributed by atoms with E-state index in [-0.39, 0.29) is 0 Å². The minimum Gasteiger partial charge on any atom is -0.314 e.